The Bertz CT molecular complexity index is 269. The maximum absolute atomic E-state index is 11.6. The van der Waals surface area contributed by atoms with Crippen LogP contribution < -0.4 is 0 Å². The first kappa shape index (κ1) is 9.80. The summed E-state index contributed by atoms with van der Waals surface area (Å²) in [6.07, 6.45) is 1.70. The molecule has 1 aromatic rings. The number of nitrogens with one attached hydrogen (secondary N) is 1. The molecule has 0 bridgehead atoms. The van der Waals surface area contributed by atoms with Gasteiger partial charge >= 0.3 is 0 Å². The molecule has 0 spiro atoms. The highest BCUT2D eigenvalue weighted by molar-refractivity contribution is 5.92. The average molecular weight is 182 g/mol. The molecule has 1 rings (SSSR count). The summed E-state index contributed by atoms with van der Waals surface area (Å²) < 4.78 is 0. The molecule has 0 aliphatic carbocycles. The Balaban J connectivity index is 2.68. The van der Waals surface area contributed by atoms with Crippen LogP contribution in [0.1, 0.15) is 17.4 Å². The molecule has 1 heterocycles. The lowest BCUT2D eigenvalue weighted by Gasteiger charge is -2.22. The molecule has 1 amide bonds. The molecule has 0 aliphatic heterocycles. The minimum Gasteiger partial charge on any atom is -0.394 e. The highest BCUT2D eigenvalue weighted by Gasteiger charge is 2.16. The van der Waals surface area contributed by atoms with E-state index in [1.54, 1.807) is 32.3 Å². The quantitative estimate of drug-likeness (QED) is 0.713. The summed E-state index contributed by atoms with van der Waals surface area (Å²) >= 11 is 0. The van der Waals surface area contributed by atoms with Gasteiger partial charge in [-0.15, -0.1) is 0 Å². The smallest absolute Gasteiger partial charge is 0.270 e. The second-order valence-corrected chi connectivity index (χ2v) is 3.03. The molecule has 1 atom stereocenters. The maximum Gasteiger partial charge on any atom is 0.270 e. The minimum absolute atomic E-state index is 0.0249. The van der Waals surface area contributed by atoms with Crippen LogP contribution in [0, 0.1) is 0 Å². The van der Waals surface area contributed by atoms with E-state index in [-0.39, 0.29) is 18.6 Å². The summed E-state index contributed by atoms with van der Waals surface area (Å²) in [5.41, 5.74) is 0.544. The van der Waals surface area contributed by atoms with Crippen LogP contribution in [0.3, 0.4) is 0 Å². The van der Waals surface area contributed by atoms with Gasteiger partial charge in [-0.05, 0) is 19.1 Å². The largest absolute Gasteiger partial charge is 0.394 e. The number of amides is 1. The first-order valence-corrected chi connectivity index (χ1v) is 4.18. The monoisotopic (exact) mass is 182 g/mol. The zero-order valence-electron chi connectivity index (χ0n) is 7.82. The molecule has 0 aliphatic rings. The lowest BCUT2D eigenvalue weighted by atomic mass is 10.3. The highest BCUT2D eigenvalue weighted by Crippen LogP contribution is 2.03. The lowest BCUT2D eigenvalue weighted by molar-refractivity contribution is 0.0677. The van der Waals surface area contributed by atoms with Crippen molar-refractivity contribution in [3.63, 3.8) is 0 Å². The Morgan fingerprint density at radius 1 is 1.77 bits per heavy atom. The van der Waals surface area contributed by atoms with Gasteiger partial charge in [-0.1, -0.05) is 0 Å². The van der Waals surface area contributed by atoms with Crippen molar-refractivity contribution in [2.24, 2.45) is 0 Å². The molecule has 0 radical (unpaired) electrons. The van der Waals surface area contributed by atoms with Crippen molar-refractivity contribution in [1.29, 1.82) is 0 Å². The number of hydrogen-bond acceptors (Lipinski definition) is 2. The normalized spacial score (nSPS) is 12.5. The number of likely N-dealkylation sites (N-methyl/N-ethyl adjacent to an activating group) is 1. The van der Waals surface area contributed by atoms with E-state index in [9.17, 15) is 4.79 Å². The summed E-state index contributed by atoms with van der Waals surface area (Å²) in [6.45, 7) is 1.77. The summed E-state index contributed by atoms with van der Waals surface area (Å²) in [5.74, 6) is -0.105. The van der Waals surface area contributed by atoms with Crippen molar-refractivity contribution in [1.82, 2.24) is 9.88 Å². The number of aliphatic hydroxyl groups excluding tert-OH is 1. The van der Waals surface area contributed by atoms with Crippen molar-refractivity contribution in [2.45, 2.75) is 13.0 Å². The fourth-order valence-electron chi connectivity index (χ4n) is 0.976. The number of nitrogens with zero attached hydrogens (tertiary/aromatic N) is 1. The Morgan fingerprint density at radius 3 is 2.92 bits per heavy atom. The highest BCUT2D eigenvalue weighted by atomic mass is 16.3. The van der Waals surface area contributed by atoms with Crippen LogP contribution in [-0.4, -0.2) is 40.6 Å². The summed E-state index contributed by atoms with van der Waals surface area (Å²) in [7, 11) is 1.67. The molecule has 0 saturated carbocycles. The summed E-state index contributed by atoms with van der Waals surface area (Å²) in [5, 5.41) is 8.85. The van der Waals surface area contributed by atoms with E-state index in [2.05, 4.69) is 4.98 Å². The zero-order chi connectivity index (χ0) is 9.84. The second kappa shape index (κ2) is 4.09. The number of aromatic amines is 1. The summed E-state index contributed by atoms with van der Waals surface area (Å²) in [4.78, 5) is 15.9. The molecule has 4 nitrogen and oxygen atoms in total. The van der Waals surface area contributed by atoms with E-state index in [1.807, 2.05) is 0 Å². The van der Waals surface area contributed by atoms with Gasteiger partial charge in [-0.2, -0.15) is 0 Å². The topological polar surface area (TPSA) is 56.3 Å². The van der Waals surface area contributed by atoms with Crippen molar-refractivity contribution >= 4 is 5.91 Å². The minimum atomic E-state index is -0.157. The average Bonchev–Trinajstić information content (AvgIpc) is 2.67. The van der Waals surface area contributed by atoms with Crippen LogP contribution in [0.4, 0.5) is 0 Å². The van der Waals surface area contributed by atoms with Crippen molar-refractivity contribution < 1.29 is 9.90 Å². The van der Waals surface area contributed by atoms with Gasteiger partial charge in [0.25, 0.3) is 5.91 Å². The Morgan fingerprint density at radius 2 is 2.46 bits per heavy atom. The van der Waals surface area contributed by atoms with Gasteiger partial charge in [0.05, 0.1) is 12.6 Å². The Kier molecular flexibility index (Phi) is 3.08. The predicted octanol–water partition coefficient (Wildman–Crippen LogP) is 0.468. The van der Waals surface area contributed by atoms with Crippen LogP contribution in [0.25, 0.3) is 0 Å². The van der Waals surface area contributed by atoms with Crippen LogP contribution in [0.2, 0.25) is 0 Å². The second-order valence-electron chi connectivity index (χ2n) is 3.03. The van der Waals surface area contributed by atoms with E-state index in [4.69, 9.17) is 5.11 Å². The third-order valence-electron chi connectivity index (χ3n) is 2.07. The molecule has 1 aromatic heterocycles. The van der Waals surface area contributed by atoms with Gasteiger partial charge in [0.2, 0.25) is 0 Å². The van der Waals surface area contributed by atoms with Crippen LogP contribution in [0.15, 0.2) is 18.3 Å². The number of H-pyrrole nitrogens is 1. The molecule has 1 unspecified atom stereocenters. The lowest BCUT2D eigenvalue weighted by Crippen LogP contribution is -2.37. The van der Waals surface area contributed by atoms with Crippen molar-refractivity contribution in [3.8, 4) is 0 Å². The molecule has 13 heavy (non-hydrogen) atoms. The van der Waals surface area contributed by atoms with Crippen molar-refractivity contribution in [2.75, 3.05) is 13.7 Å². The third-order valence-corrected chi connectivity index (χ3v) is 2.07. The molecule has 2 N–H and O–H groups in total. The van der Waals surface area contributed by atoms with Gasteiger partial charge in [-0.3, -0.25) is 4.79 Å². The molecule has 0 aromatic carbocycles. The SMILES string of the molecule is CC(CO)N(C)C(=O)c1ccc[nH]1. The molecule has 72 valence electrons. The standard InChI is InChI=1S/C9H14N2O2/c1-7(6-12)11(2)9(13)8-4-3-5-10-8/h3-5,7,10,12H,6H2,1-2H3. The first-order valence-electron chi connectivity index (χ1n) is 4.18. The number of carbonyl (C=O) groups excluding carboxylic acids is 1. The molecule has 4 heteroatoms. The van der Waals surface area contributed by atoms with Crippen molar-refractivity contribution in [3.05, 3.63) is 24.0 Å². The number of aliphatic hydroxyl groups is 1. The van der Waals surface area contributed by atoms with Crippen LogP contribution >= 0.6 is 0 Å². The Hall–Kier alpha value is -1.29. The van der Waals surface area contributed by atoms with Gasteiger partial charge in [0.1, 0.15) is 5.69 Å². The van der Waals surface area contributed by atoms with E-state index in [1.165, 1.54) is 4.90 Å². The maximum atomic E-state index is 11.6. The van der Waals surface area contributed by atoms with Crippen LogP contribution in [-0.2, 0) is 0 Å². The van der Waals surface area contributed by atoms with Crippen LogP contribution in [0.5, 0.6) is 0 Å². The molecular weight excluding hydrogens is 168 g/mol. The third kappa shape index (κ3) is 2.09. The first-order chi connectivity index (χ1) is 6.16. The van der Waals surface area contributed by atoms with Gasteiger partial charge in [0.15, 0.2) is 0 Å². The van der Waals surface area contributed by atoms with Gasteiger partial charge in [-0.25, -0.2) is 0 Å². The van der Waals surface area contributed by atoms with Gasteiger partial charge in [0, 0.05) is 13.2 Å². The van der Waals surface area contributed by atoms with E-state index >= 15 is 0 Å². The van der Waals surface area contributed by atoms with E-state index in [0.29, 0.717) is 5.69 Å². The Labute approximate surface area is 77.2 Å². The number of hydrogen-bond donors (Lipinski definition) is 2. The number of aromatic nitrogens is 1. The zero-order valence-corrected chi connectivity index (χ0v) is 7.82. The fraction of sp³-hybridized carbons (Fsp3) is 0.444. The predicted molar refractivity (Wildman–Crippen MR) is 49.4 cm³/mol. The summed E-state index contributed by atoms with van der Waals surface area (Å²) in [6, 6.07) is 3.32. The van der Waals surface area contributed by atoms with E-state index in [0.717, 1.165) is 0 Å². The number of carbonyl (C=O) groups is 1. The molecular formula is C9H14N2O2. The van der Waals surface area contributed by atoms with Gasteiger partial charge < -0.3 is 15.0 Å². The van der Waals surface area contributed by atoms with E-state index < -0.39 is 0 Å². The fourth-order valence-corrected chi connectivity index (χ4v) is 0.976. The molecule has 0 fully saturated rings. The molecule has 0 saturated heterocycles. The number of rotatable bonds is 3.